The maximum Gasteiger partial charge on any atom is 0.140 e. The normalized spacial score (nSPS) is 12.9. The van der Waals surface area contributed by atoms with Crippen LogP contribution in [0.2, 0.25) is 0 Å². The van der Waals surface area contributed by atoms with Crippen LogP contribution in [0, 0.1) is 6.92 Å². The summed E-state index contributed by atoms with van der Waals surface area (Å²) < 4.78 is 6.56. The number of thiophene rings is 1. The van der Waals surface area contributed by atoms with E-state index in [-0.39, 0.29) is 6.04 Å². The van der Waals surface area contributed by atoms with Crippen LogP contribution in [0.25, 0.3) is 0 Å². The Morgan fingerprint density at radius 3 is 2.75 bits per heavy atom. The Bertz CT molecular complexity index is 463. The molecule has 4 heteroatoms. The van der Waals surface area contributed by atoms with Crippen LogP contribution in [0.15, 0.2) is 33.4 Å². The second-order valence-corrected chi connectivity index (χ2v) is 5.75. The summed E-state index contributed by atoms with van der Waals surface area (Å²) in [5.41, 5.74) is 0. The molecule has 0 radical (unpaired) electrons. The van der Waals surface area contributed by atoms with E-state index in [2.05, 4.69) is 47.2 Å². The highest BCUT2D eigenvalue weighted by Crippen LogP contribution is 2.32. The third kappa shape index (κ3) is 2.39. The number of rotatable bonds is 4. The summed E-state index contributed by atoms with van der Waals surface area (Å²) >= 11 is 5.31. The first-order valence-corrected chi connectivity index (χ1v) is 6.86. The van der Waals surface area contributed by atoms with E-state index >= 15 is 0 Å². The van der Waals surface area contributed by atoms with Gasteiger partial charge < -0.3 is 9.73 Å². The first kappa shape index (κ1) is 11.9. The van der Waals surface area contributed by atoms with Gasteiger partial charge in [0.15, 0.2) is 0 Å². The van der Waals surface area contributed by atoms with E-state index in [0.717, 1.165) is 16.8 Å². The van der Waals surface area contributed by atoms with Gasteiger partial charge in [0.1, 0.15) is 11.8 Å². The minimum absolute atomic E-state index is 0.146. The maximum atomic E-state index is 5.54. The Morgan fingerprint density at radius 2 is 2.25 bits per heavy atom. The van der Waals surface area contributed by atoms with E-state index in [9.17, 15) is 0 Å². The SMILES string of the molecule is CCNC(c1ccc(C)s1)c1occc1Br. The van der Waals surface area contributed by atoms with Crippen LogP contribution >= 0.6 is 27.3 Å². The molecule has 2 heterocycles. The summed E-state index contributed by atoms with van der Waals surface area (Å²) in [4.78, 5) is 2.61. The minimum atomic E-state index is 0.146. The predicted octanol–water partition coefficient (Wildman–Crippen LogP) is 4.11. The van der Waals surface area contributed by atoms with E-state index in [1.54, 1.807) is 17.6 Å². The van der Waals surface area contributed by atoms with E-state index in [0.29, 0.717) is 0 Å². The molecule has 0 saturated carbocycles. The van der Waals surface area contributed by atoms with Crippen molar-refractivity contribution in [3.63, 3.8) is 0 Å². The van der Waals surface area contributed by atoms with Gasteiger partial charge in [-0.15, -0.1) is 11.3 Å². The molecule has 0 aliphatic rings. The lowest BCUT2D eigenvalue weighted by atomic mass is 10.2. The van der Waals surface area contributed by atoms with Crippen LogP contribution in [0.4, 0.5) is 0 Å². The average molecular weight is 300 g/mol. The van der Waals surface area contributed by atoms with Gasteiger partial charge in [0.2, 0.25) is 0 Å². The summed E-state index contributed by atoms with van der Waals surface area (Å²) in [5.74, 6) is 0.948. The molecule has 0 aliphatic heterocycles. The molecule has 0 aromatic carbocycles. The van der Waals surface area contributed by atoms with Crippen molar-refractivity contribution < 1.29 is 4.42 Å². The van der Waals surface area contributed by atoms with Gasteiger partial charge in [-0.2, -0.15) is 0 Å². The van der Waals surface area contributed by atoms with Gasteiger partial charge in [0.25, 0.3) is 0 Å². The number of aryl methyl sites for hydroxylation is 1. The Labute approximate surface area is 108 Å². The standard InChI is InChI=1S/C12H14BrNOS/c1-3-14-11(10-5-4-8(2)16-10)12-9(13)6-7-15-12/h4-7,11,14H,3H2,1-2H3. The van der Waals surface area contributed by atoms with Gasteiger partial charge in [0.05, 0.1) is 10.7 Å². The first-order chi connectivity index (χ1) is 7.72. The summed E-state index contributed by atoms with van der Waals surface area (Å²) in [6, 6.07) is 6.37. The fourth-order valence-corrected chi connectivity index (χ4v) is 3.03. The molecule has 86 valence electrons. The Morgan fingerprint density at radius 1 is 1.44 bits per heavy atom. The second kappa shape index (κ2) is 5.17. The molecule has 1 atom stereocenters. The van der Waals surface area contributed by atoms with Gasteiger partial charge in [-0.25, -0.2) is 0 Å². The smallest absolute Gasteiger partial charge is 0.140 e. The topological polar surface area (TPSA) is 25.2 Å². The van der Waals surface area contributed by atoms with Crippen molar-refractivity contribution in [2.75, 3.05) is 6.54 Å². The van der Waals surface area contributed by atoms with Gasteiger partial charge >= 0.3 is 0 Å². The molecule has 1 N–H and O–H groups in total. The lowest BCUT2D eigenvalue weighted by Gasteiger charge is -2.14. The summed E-state index contributed by atoms with van der Waals surface area (Å²) in [7, 11) is 0. The predicted molar refractivity (Wildman–Crippen MR) is 71.0 cm³/mol. The maximum absolute atomic E-state index is 5.54. The number of furan rings is 1. The molecule has 0 spiro atoms. The van der Waals surface area contributed by atoms with Gasteiger partial charge in [-0.3, -0.25) is 0 Å². The largest absolute Gasteiger partial charge is 0.466 e. The molecule has 16 heavy (non-hydrogen) atoms. The van der Waals surface area contributed by atoms with E-state index < -0.39 is 0 Å². The van der Waals surface area contributed by atoms with E-state index in [1.807, 2.05) is 6.07 Å². The molecule has 0 amide bonds. The third-order valence-electron chi connectivity index (χ3n) is 2.36. The van der Waals surface area contributed by atoms with Crippen molar-refractivity contribution >= 4 is 27.3 Å². The van der Waals surface area contributed by atoms with Crippen molar-refractivity contribution in [3.8, 4) is 0 Å². The van der Waals surface area contributed by atoms with Crippen LogP contribution < -0.4 is 5.32 Å². The average Bonchev–Trinajstić information content (AvgIpc) is 2.84. The molecule has 2 nitrogen and oxygen atoms in total. The summed E-state index contributed by atoms with van der Waals surface area (Å²) in [5, 5.41) is 3.44. The molecule has 0 fully saturated rings. The zero-order valence-electron chi connectivity index (χ0n) is 9.29. The van der Waals surface area contributed by atoms with Crippen molar-refractivity contribution in [1.82, 2.24) is 5.32 Å². The van der Waals surface area contributed by atoms with Crippen LogP contribution in [-0.4, -0.2) is 6.54 Å². The fourth-order valence-electron chi connectivity index (χ4n) is 1.65. The van der Waals surface area contributed by atoms with E-state index in [1.165, 1.54) is 9.75 Å². The summed E-state index contributed by atoms with van der Waals surface area (Å²) in [6.07, 6.45) is 1.71. The summed E-state index contributed by atoms with van der Waals surface area (Å²) in [6.45, 7) is 5.13. The van der Waals surface area contributed by atoms with Crippen LogP contribution in [-0.2, 0) is 0 Å². The Kier molecular flexibility index (Phi) is 3.84. The van der Waals surface area contributed by atoms with Crippen LogP contribution in [0.5, 0.6) is 0 Å². The lowest BCUT2D eigenvalue weighted by Crippen LogP contribution is -2.20. The molecule has 0 bridgehead atoms. The van der Waals surface area contributed by atoms with Gasteiger partial charge in [-0.05, 0) is 47.6 Å². The second-order valence-electron chi connectivity index (χ2n) is 3.57. The van der Waals surface area contributed by atoms with E-state index in [4.69, 9.17) is 4.42 Å². The fraction of sp³-hybridized carbons (Fsp3) is 0.333. The lowest BCUT2D eigenvalue weighted by molar-refractivity contribution is 0.453. The highest BCUT2D eigenvalue weighted by Gasteiger charge is 2.20. The Balaban J connectivity index is 2.34. The molecule has 0 saturated heterocycles. The van der Waals surface area contributed by atoms with Crippen LogP contribution in [0.3, 0.4) is 0 Å². The molecule has 0 aliphatic carbocycles. The molecular formula is C12H14BrNOS. The minimum Gasteiger partial charge on any atom is -0.466 e. The molecule has 2 aromatic heterocycles. The molecular weight excluding hydrogens is 286 g/mol. The zero-order valence-corrected chi connectivity index (χ0v) is 11.7. The van der Waals surface area contributed by atoms with Gasteiger partial charge in [-0.1, -0.05) is 6.92 Å². The molecule has 1 unspecified atom stereocenters. The van der Waals surface area contributed by atoms with Crippen molar-refractivity contribution in [2.24, 2.45) is 0 Å². The molecule has 2 aromatic rings. The monoisotopic (exact) mass is 299 g/mol. The quantitative estimate of drug-likeness (QED) is 0.919. The van der Waals surface area contributed by atoms with Crippen molar-refractivity contribution in [1.29, 1.82) is 0 Å². The third-order valence-corrected chi connectivity index (χ3v) is 4.08. The first-order valence-electron chi connectivity index (χ1n) is 5.25. The zero-order chi connectivity index (χ0) is 11.5. The highest BCUT2D eigenvalue weighted by molar-refractivity contribution is 9.10. The number of hydrogen-bond donors (Lipinski definition) is 1. The van der Waals surface area contributed by atoms with Crippen LogP contribution in [0.1, 0.15) is 28.5 Å². The van der Waals surface area contributed by atoms with Crippen molar-refractivity contribution in [2.45, 2.75) is 19.9 Å². The highest BCUT2D eigenvalue weighted by atomic mass is 79.9. The Hall–Kier alpha value is -0.580. The number of nitrogens with one attached hydrogen (secondary N) is 1. The number of halogens is 1. The van der Waals surface area contributed by atoms with Crippen molar-refractivity contribution in [3.05, 3.63) is 44.4 Å². The molecule has 2 rings (SSSR count). The number of hydrogen-bond acceptors (Lipinski definition) is 3. The van der Waals surface area contributed by atoms with Gasteiger partial charge in [0, 0.05) is 9.75 Å².